The fourth-order valence-electron chi connectivity index (χ4n) is 0.954. The Morgan fingerprint density at radius 1 is 1.31 bits per heavy atom. The molecule has 0 spiro atoms. The maximum atomic E-state index is 5.78. The van der Waals surface area contributed by atoms with Gasteiger partial charge in [0.2, 0.25) is 0 Å². The zero-order valence-electron chi connectivity index (χ0n) is 9.26. The van der Waals surface area contributed by atoms with Gasteiger partial charge in [-0.25, -0.2) is 4.99 Å². The topological polar surface area (TPSA) is 38.4 Å². The van der Waals surface area contributed by atoms with Gasteiger partial charge in [0.15, 0.2) is 5.17 Å². The van der Waals surface area contributed by atoms with Gasteiger partial charge in [-0.1, -0.05) is 42.3 Å². The van der Waals surface area contributed by atoms with Crippen LogP contribution in [0.5, 0.6) is 0 Å². The molecule has 0 bridgehead atoms. The number of rotatable bonds is 5. The van der Waals surface area contributed by atoms with Crippen LogP contribution in [-0.2, 0) is 0 Å². The minimum atomic E-state index is 0. The second-order valence-corrected chi connectivity index (χ2v) is 5.48. The van der Waals surface area contributed by atoms with Gasteiger partial charge in [-0.3, -0.25) is 0 Å². The minimum Gasteiger partial charge on any atom is -0.378 e. The summed E-state index contributed by atoms with van der Waals surface area (Å²) in [5.74, 6) is 1.13. The van der Waals surface area contributed by atoms with Crippen LogP contribution in [0.25, 0.3) is 0 Å². The third kappa shape index (κ3) is 7.04. The molecule has 1 aromatic rings. The van der Waals surface area contributed by atoms with Crippen molar-refractivity contribution >= 4 is 44.8 Å². The van der Waals surface area contributed by atoms with E-state index in [9.17, 15) is 0 Å². The van der Waals surface area contributed by atoms with Gasteiger partial charge < -0.3 is 5.73 Å². The molecular weight excluding hydrogens is 260 g/mol. The Balaban J connectivity index is 0.00000225. The molecule has 0 aliphatic rings. The lowest BCUT2D eigenvalue weighted by atomic mass is 10.3. The number of benzene rings is 1. The Labute approximate surface area is 111 Å². The van der Waals surface area contributed by atoms with Gasteiger partial charge >= 0.3 is 0 Å². The van der Waals surface area contributed by atoms with E-state index in [1.807, 2.05) is 30.3 Å². The quantitative estimate of drug-likeness (QED) is 0.378. The summed E-state index contributed by atoms with van der Waals surface area (Å²) in [6.07, 6.45) is 2.46. The molecule has 90 valence electrons. The molecule has 0 heterocycles. The molecule has 0 radical (unpaired) electrons. The Bertz CT molecular complexity index is 304. The fraction of sp³-hybridized carbons (Fsp3) is 0.364. The van der Waals surface area contributed by atoms with E-state index in [1.54, 1.807) is 21.6 Å². The van der Waals surface area contributed by atoms with E-state index in [0.717, 1.165) is 11.4 Å². The van der Waals surface area contributed by atoms with Gasteiger partial charge in [0, 0.05) is 5.75 Å². The van der Waals surface area contributed by atoms with E-state index in [0.29, 0.717) is 5.17 Å². The molecule has 2 nitrogen and oxygen atoms in total. The van der Waals surface area contributed by atoms with Crippen LogP contribution >= 0.6 is 34.0 Å². The molecule has 0 aromatic heterocycles. The third-order valence-corrected chi connectivity index (χ3v) is 3.92. The van der Waals surface area contributed by atoms with E-state index in [2.05, 4.69) is 11.9 Å². The van der Waals surface area contributed by atoms with Crippen molar-refractivity contribution in [2.45, 2.75) is 19.8 Å². The summed E-state index contributed by atoms with van der Waals surface area (Å²) >= 11 is 0. The molecule has 0 aliphatic heterocycles. The molecule has 2 N–H and O–H groups in total. The zero-order valence-corrected chi connectivity index (χ0v) is 11.7. The molecular formula is C11H17ClN2S2. The maximum Gasteiger partial charge on any atom is 0.169 e. The monoisotopic (exact) mass is 276 g/mol. The van der Waals surface area contributed by atoms with E-state index < -0.39 is 0 Å². The van der Waals surface area contributed by atoms with Crippen molar-refractivity contribution in [2.75, 3.05) is 5.75 Å². The molecule has 0 fully saturated rings. The number of hydrogen-bond acceptors (Lipinski definition) is 3. The van der Waals surface area contributed by atoms with Gasteiger partial charge in [0.25, 0.3) is 0 Å². The zero-order chi connectivity index (χ0) is 10.9. The van der Waals surface area contributed by atoms with Crippen molar-refractivity contribution in [1.29, 1.82) is 0 Å². The van der Waals surface area contributed by atoms with Crippen molar-refractivity contribution in [1.82, 2.24) is 0 Å². The summed E-state index contributed by atoms with van der Waals surface area (Å²) < 4.78 is 0. The Morgan fingerprint density at radius 2 is 2.00 bits per heavy atom. The number of aliphatic imine (C=N–C) groups is 1. The number of hydrogen-bond donors (Lipinski definition) is 1. The molecule has 0 saturated carbocycles. The number of nitrogens with zero attached hydrogens (tertiary/aromatic N) is 1. The Hall–Kier alpha value is -0.320. The van der Waals surface area contributed by atoms with Crippen molar-refractivity contribution in [3.05, 3.63) is 30.3 Å². The molecule has 1 rings (SSSR count). The predicted molar refractivity (Wildman–Crippen MR) is 79.9 cm³/mol. The van der Waals surface area contributed by atoms with E-state index in [4.69, 9.17) is 5.73 Å². The van der Waals surface area contributed by atoms with Crippen LogP contribution in [0.2, 0.25) is 0 Å². The summed E-state index contributed by atoms with van der Waals surface area (Å²) in [4.78, 5) is 4.29. The number of para-hydroxylation sites is 1. The first kappa shape index (κ1) is 15.7. The van der Waals surface area contributed by atoms with E-state index in [-0.39, 0.29) is 12.4 Å². The maximum absolute atomic E-state index is 5.78. The Kier molecular flexibility index (Phi) is 9.68. The van der Waals surface area contributed by atoms with Crippen molar-refractivity contribution in [3.8, 4) is 0 Å². The van der Waals surface area contributed by atoms with Crippen LogP contribution in [0.4, 0.5) is 5.69 Å². The van der Waals surface area contributed by atoms with Crippen LogP contribution in [0.1, 0.15) is 19.8 Å². The van der Waals surface area contributed by atoms with E-state index in [1.165, 1.54) is 12.8 Å². The van der Waals surface area contributed by atoms with Crippen LogP contribution < -0.4 is 5.73 Å². The molecule has 0 aliphatic carbocycles. The summed E-state index contributed by atoms with van der Waals surface area (Å²) in [7, 11) is 3.32. The summed E-state index contributed by atoms with van der Waals surface area (Å²) in [6, 6.07) is 9.79. The van der Waals surface area contributed by atoms with Crippen LogP contribution in [-0.4, -0.2) is 10.9 Å². The van der Waals surface area contributed by atoms with Gasteiger partial charge in [-0.05, 0) is 29.3 Å². The normalized spacial score (nSPS) is 10.9. The second kappa shape index (κ2) is 9.87. The van der Waals surface area contributed by atoms with Crippen molar-refractivity contribution in [3.63, 3.8) is 0 Å². The summed E-state index contributed by atoms with van der Waals surface area (Å²) in [6.45, 7) is 2.19. The van der Waals surface area contributed by atoms with Crippen LogP contribution in [0.15, 0.2) is 35.3 Å². The van der Waals surface area contributed by atoms with Crippen LogP contribution in [0.3, 0.4) is 0 Å². The van der Waals surface area contributed by atoms with Gasteiger partial charge in [0.05, 0.1) is 5.69 Å². The number of nitrogens with two attached hydrogens (primary N) is 1. The Morgan fingerprint density at radius 3 is 2.62 bits per heavy atom. The average Bonchev–Trinajstić information content (AvgIpc) is 2.26. The average molecular weight is 277 g/mol. The molecule has 0 atom stereocenters. The first-order valence-electron chi connectivity index (χ1n) is 5.01. The molecule has 16 heavy (non-hydrogen) atoms. The molecule has 0 saturated heterocycles. The number of unbranched alkanes of at least 4 members (excludes halogenated alkanes) is 1. The second-order valence-electron chi connectivity index (χ2n) is 3.04. The van der Waals surface area contributed by atoms with Crippen molar-refractivity contribution < 1.29 is 0 Å². The highest BCUT2D eigenvalue weighted by Crippen LogP contribution is 2.24. The highest BCUT2D eigenvalue weighted by atomic mass is 35.5. The highest BCUT2D eigenvalue weighted by Gasteiger charge is 1.95. The predicted octanol–water partition coefficient (Wildman–Crippen LogP) is 4.24. The van der Waals surface area contributed by atoms with Gasteiger partial charge in [-0.2, -0.15) is 0 Å². The standard InChI is InChI=1S/C11H16N2S2.ClH/c1-2-3-9-14-15-11(12)13-10-7-5-4-6-8-10;/h4-8H,2-3,9H2,1H3,(H2,12,13);1H. The van der Waals surface area contributed by atoms with Crippen LogP contribution in [0, 0.1) is 0 Å². The van der Waals surface area contributed by atoms with Crippen molar-refractivity contribution in [2.24, 2.45) is 10.7 Å². The number of amidine groups is 1. The first-order valence-corrected chi connectivity index (χ1v) is 7.33. The summed E-state index contributed by atoms with van der Waals surface area (Å²) in [5.41, 5.74) is 6.70. The highest BCUT2D eigenvalue weighted by molar-refractivity contribution is 8.82. The lowest BCUT2D eigenvalue weighted by Gasteiger charge is -1.99. The first-order chi connectivity index (χ1) is 7.33. The molecule has 0 unspecified atom stereocenters. The molecule has 5 heteroatoms. The van der Waals surface area contributed by atoms with Gasteiger partial charge in [-0.15, -0.1) is 12.4 Å². The van der Waals surface area contributed by atoms with Gasteiger partial charge in [0.1, 0.15) is 0 Å². The smallest absolute Gasteiger partial charge is 0.169 e. The molecule has 0 amide bonds. The SMILES string of the molecule is CCCCSSC(N)=Nc1ccccc1.Cl. The third-order valence-electron chi connectivity index (χ3n) is 1.72. The minimum absolute atomic E-state index is 0. The lowest BCUT2D eigenvalue weighted by molar-refractivity contribution is 0.898. The fourth-order valence-corrected chi connectivity index (χ4v) is 2.78. The van der Waals surface area contributed by atoms with E-state index >= 15 is 0 Å². The largest absolute Gasteiger partial charge is 0.378 e. The summed E-state index contributed by atoms with van der Waals surface area (Å²) in [5, 5.41) is 0.627. The lowest BCUT2D eigenvalue weighted by Crippen LogP contribution is -2.03. The number of halogens is 1. The molecule has 1 aromatic carbocycles.